The van der Waals surface area contributed by atoms with E-state index in [0.29, 0.717) is 10.7 Å². The molecule has 7 nitrogen and oxygen atoms in total. The summed E-state index contributed by atoms with van der Waals surface area (Å²) in [6.45, 7) is 5.10. The number of anilines is 1. The number of hydrogen-bond acceptors (Lipinski definition) is 4. The average Bonchev–Trinajstić information content (AvgIpc) is 2.97. The van der Waals surface area contributed by atoms with E-state index in [1.165, 1.54) is 17.0 Å². The van der Waals surface area contributed by atoms with Crippen molar-refractivity contribution in [2.24, 2.45) is 0 Å². The number of halogens is 1. The highest BCUT2D eigenvalue weighted by atomic mass is 35.5. The highest BCUT2D eigenvalue weighted by Crippen LogP contribution is 2.29. The number of carbonyl (C=O) groups excluding carboxylic acids is 2. The normalized spacial score (nSPS) is 14.7. The fraction of sp³-hybridized carbons (Fsp3) is 0.375. The Morgan fingerprint density at radius 3 is 2.24 bits per heavy atom. The van der Waals surface area contributed by atoms with Gasteiger partial charge < -0.3 is 10.2 Å². The second kappa shape index (κ2) is 13.5. The summed E-state index contributed by atoms with van der Waals surface area (Å²) in [5.41, 5.74) is 2.87. The highest BCUT2D eigenvalue weighted by molar-refractivity contribution is 7.92. The first kappa shape index (κ1) is 30.6. The smallest absolute Gasteiger partial charge is 0.264 e. The Kier molecular flexibility index (Phi) is 10.1. The van der Waals surface area contributed by atoms with Gasteiger partial charge in [-0.3, -0.25) is 13.9 Å². The topological polar surface area (TPSA) is 86.8 Å². The second-order valence-electron chi connectivity index (χ2n) is 10.7. The summed E-state index contributed by atoms with van der Waals surface area (Å²) in [7, 11) is -4.10. The van der Waals surface area contributed by atoms with Crippen molar-refractivity contribution in [3.05, 3.63) is 94.5 Å². The minimum Gasteiger partial charge on any atom is -0.352 e. The van der Waals surface area contributed by atoms with E-state index in [4.69, 9.17) is 11.6 Å². The van der Waals surface area contributed by atoms with Crippen molar-refractivity contribution in [1.29, 1.82) is 0 Å². The maximum Gasteiger partial charge on any atom is 0.264 e. The molecule has 1 atom stereocenters. The molecule has 3 aromatic rings. The number of hydrogen-bond donors (Lipinski definition) is 1. The summed E-state index contributed by atoms with van der Waals surface area (Å²) in [5.74, 6) is -0.727. The fourth-order valence-electron chi connectivity index (χ4n) is 5.18. The predicted molar refractivity (Wildman–Crippen MR) is 163 cm³/mol. The van der Waals surface area contributed by atoms with Crippen molar-refractivity contribution in [1.82, 2.24) is 10.2 Å². The van der Waals surface area contributed by atoms with Gasteiger partial charge in [0.2, 0.25) is 11.8 Å². The summed E-state index contributed by atoms with van der Waals surface area (Å²) in [4.78, 5) is 29.1. The third-order valence-electron chi connectivity index (χ3n) is 7.84. The molecule has 41 heavy (non-hydrogen) atoms. The molecule has 1 aliphatic rings. The Morgan fingerprint density at radius 1 is 0.927 bits per heavy atom. The molecule has 2 amide bonds. The van der Waals surface area contributed by atoms with E-state index in [1.807, 2.05) is 19.9 Å². The SMILES string of the molecule is Cc1cccc(N(CC(=O)N(Cc2ccc(Cl)cc2)C(C)C(=O)NC2CCCCC2)S(=O)(=O)c2ccccc2)c1C. The zero-order chi connectivity index (χ0) is 29.6. The third-order valence-corrected chi connectivity index (χ3v) is 9.87. The summed E-state index contributed by atoms with van der Waals surface area (Å²) < 4.78 is 29.1. The monoisotopic (exact) mass is 595 g/mol. The van der Waals surface area contributed by atoms with Gasteiger partial charge in [-0.15, -0.1) is 0 Å². The van der Waals surface area contributed by atoms with Crippen LogP contribution in [0.1, 0.15) is 55.7 Å². The average molecular weight is 596 g/mol. The molecule has 0 saturated heterocycles. The molecule has 218 valence electrons. The van der Waals surface area contributed by atoms with E-state index in [9.17, 15) is 18.0 Å². The van der Waals surface area contributed by atoms with Gasteiger partial charge in [0.1, 0.15) is 12.6 Å². The molecule has 1 fully saturated rings. The molecule has 4 rings (SSSR count). The first-order chi connectivity index (χ1) is 19.6. The summed E-state index contributed by atoms with van der Waals surface area (Å²) >= 11 is 6.09. The lowest BCUT2D eigenvalue weighted by atomic mass is 9.95. The lowest BCUT2D eigenvalue weighted by Gasteiger charge is -2.33. The van der Waals surface area contributed by atoms with Gasteiger partial charge in [-0.05, 0) is 80.6 Å². The number of amides is 2. The number of rotatable bonds is 10. The summed E-state index contributed by atoms with van der Waals surface area (Å²) in [6, 6.07) is 19.8. The van der Waals surface area contributed by atoms with Crippen LogP contribution < -0.4 is 9.62 Å². The Morgan fingerprint density at radius 2 is 1.59 bits per heavy atom. The number of nitrogens with zero attached hydrogens (tertiary/aromatic N) is 2. The molecule has 1 unspecified atom stereocenters. The lowest BCUT2D eigenvalue weighted by molar-refractivity contribution is -0.139. The van der Waals surface area contributed by atoms with Crippen molar-refractivity contribution in [2.75, 3.05) is 10.8 Å². The maximum atomic E-state index is 14.1. The standard InChI is InChI=1S/C32H38ClN3O4S/c1-23-11-10-16-30(24(23)2)36(41(39,40)29-14-8-5-9-15-29)22-31(37)35(21-26-17-19-27(33)20-18-26)25(3)32(38)34-28-12-6-4-7-13-28/h5,8-11,14-20,25,28H,4,6-7,12-13,21-22H2,1-3H3,(H,34,38). The van der Waals surface area contributed by atoms with Crippen LogP contribution in [0.15, 0.2) is 77.7 Å². The molecule has 1 aliphatic carbocycles. The number of sulfonamides is 1. The molecule has 3 aromatic carbocycles. The first-order valence-electron chi connectivity index (χ1n) is 14.1. The molecule has 1 N–H and O–H groups in total. The van der Waals surface area contributed by atoms with E-state index >= 15 is 0 Å². The molecule has 9 heteroatoms. The van der Waals surface area contributed by atoms with Crippen LogP contribution in [0, 0.1) is 13.8 Å². The minimum absolute atomic E-state index is 0.0797. The maximum absolute atomic E-state index is 14.1. The van der Waals surface area contributed by atoms with Gasteiger partial charge in [-0.25, -0.2) is 8.42 Å². The molecular formula is C32H38ClN3O4S. The Balaban J connectivity index is 1.69. The van der Waals surface area contributed by atoms with Gasteiger partial charge in [-0.1, -0.05) is 73.3 Å². The minimum atomic E-state index is -4.10. The fourth-order valence-corrected chi connectivity index (χ4v) is 6.80. The zero-order valence-electron chi connectivity index (χ0n) is 23.8. The van der Waals surface area contributed by atoms with Crippen LogP contribution in [0.25, 0.3) is 0 Å². The van der Waals surface area contributed by atoms with E-state index in [0.717, 1.165) is 53.1 Å². The van der Waals surface area contributed by atoms with E-state index in [2.05, 4.69) is 5.32 Å². The van der Waals surface area contributed by atoms with Gasteiger partial charge in [0.15, 0.2) is 0 Å². The van der Waals surface area contributed by atoms with Crippen molar-refractivity contribution in [2.45, 2.75) is 76.4 Å². The van der Waals surface area contributed by atoms with Gasteiger partial charge in [0.05, 0.1) is 10.6 Å². The van der Waals surface area contributed by atoms with Crippen molar-refractivity contribution >= 4 is 39.1 Å². The quantitative estimate of drug-likeness (QED) is 0.311. The Labute approximate surface area is 248 Å². The molecule has 0 heterocycles. The Hall–Kier alpha value is -3.36. The van der Waals surface area contributed by atoms with Crippen LogP contribution in [0.2, 0.25) is 5.02 Å². The molecule has 0 spiro atoms. The number of nitrogens with one attached hydrogen (secondary N) is 1. The van der Waals surface area contributed by atoms with E-state index in [1.54, 1.807) is 61.5 Å². The van der Waals surface area contributed by atoms with Crippen molar-refractivity contribution in [3.63, 3.8) is 0 Å². The van der Waals surface area contributed by atoms with Gasteiger partial charge in [-0.2, -0.15) is 0 Å². The van der Waals surface area contributed by atoms with Crippen LogP contribution in [-0.4, -0.2) is 43.8 Å². The summed E-state index contributed by atoms with van der Waals surface area (Å²) in [5, 5.41) is 3.68. The number of aryl methyl sites for hydroxylation is 1. The molecular weight excluding hydrogens is 558 g/mol. The van der Waals surface area contributed by atoms with Crippen molar-refractivity contribution in [3.8, 4) is 0 Å². The largest absolute Gasteiger partial charge is 0.352 e. The predicted octanol–water partition coefficient (Wildman–Crippen LogP) is 6.02. The molecule has 0 aliphatic heterocycles. The van der Waals surface area contributed by atoms with Gasteiger partial charge in [0.25, 0.3) is 10.0 Å². The van der Waals surface area contributed by atoms with Crippen LogP contribution in [0.5, 0.6) is 0 Å². The van der Waals surface area contributed by atoms with Crippen LogP contribution in [0.3, 0.4) is 0 Å². The van der Waals surface area contributed by atoms with Crippen molar-refractivity contribution < 1.29 is 18.0 Å². The highest BCUT2D eigenvalue weighted by Gasteiger charge is 2.33. The van der Waals surface area contributed by atoms with Crippen LogP contribution in [-0.2, 0) is 26.2 Å². The lowest BCUT2D eigenvalue weighted by Crippen LogP contribution is -2.53. The first-order valence-corrected chi connectivity index (χ1v) is 15.9. The Bertz CT molecular complexity index is 1460. The molecule has 0 aromatic heterocycles. The number of carbonyl (C=O) groups is 2. The molecule has 0 radical (unpaired) electrons. The number of benzene rings is 3. The van der Waals surface area contributed by atoms with Crippen LogP contribution in [0.4, 0.5) is 5.69 Å². The summed E-state index contributed by atoms with van der Waals surface area (Å²) in [6.07, 6.45) is 5.12. The van der Waals surface area contributed by atoms with E-state index < -0.39 is 28.5 Å². The second-order valence-corrected chi connectivity index (χ2v) is 13.0. The zero-order valence-corrected chi connectivity index (χ0v) is 25.4. The van der Waals surface area contributed by atoms with E-state index in [-0.39, 0.29) is 23.4 Å². The van der Waals surface area contributed by atoms with Crippen LogP contribution >= 0.6 is 11.6 Å². The molecule has 1 saturated carbocycles. The molecule has 0 bridgehead atoms. The van der Waals surface area contributed by atoms with Gasteiger partial charge >= 0.3 is 0 Å². The van der Waals surface area contributed by atoms with Gasteiger partial charge in [0, 0.05) is 17.6 Å². The third kappa shape index (κ3) is 7.49.